The summed E-state index contributed by atoms with van der Waals surface area (Å²) in [5.41, 5.74) is 6.85. The number of aryl methyl sites for hydroxylation is 2. The highest BCUT2D eigenvalue weighted by molar-refractivity contribution is 7.80. The summed E-state index contributed by atoms with van der Waals surface area (Å²) >= 11 is 5.21. The lowest BCUT2D eigenvalue weighted by molar-refractivity contribution is 1.05. The van der Waals surface area contributed by atoms with Crippen LogP contribution in [0, 0.1) is 13.8 Å². The molecule has 102 valence electrons. The van der Waals surface area contributed by atoms with Crippen LogP contribution >= 0.6 is 12.2 Å². The highest BCUT2D eigenvalue weighted by atomic mass is 32.1. The molecule has 0 fully saturated rings. The van der Waals surface area contributed by atoms with Crippen molar-refractivity contribution in [2.45, 2.75) is 13.8 Å². The summed E-state index contributed by atoms with van der Waals surface area (Å²) < 4.78 is 0. The van der Waals surface area contributed by atoms with E-state index < -0.39 is 0 Å². The molecule has 2 N–H and O–H groups in total. The molecule has 2 aromatic rings. The minimum Gasteiger partial charge on any atom is -0.331 e. The van der Waals surface area contributed by atoms with Crippen LogP contribution in [-0.2, 0) is 0 Å². The first-order chi connectivity index (χ1) is 9.66. The lowest BCUT2D eigenvalue weighted by atomic mass is 10.1. The second-order valence-electron chi connectivity index (χ2n) is 4.35. The van der Waals surface area contributed by atoms with Gasteiger partial charge in [-0.05, 0) is 49.3 Å². The van der Waals surface area contributed by atoms with E-state index in [2.05, 4.69) is 20.8 Å². The molecule has 0 aliphatic rings. The number of pyridine rings is 1. The van der Waals surface area contributed by atoms with Crippen LogP contribution in [0.4, 0.5) is 5.69 Å². The lowest BCUT2D eigenvalue weighted by Gasteiger charge is -2.12. The fraction of sp³-hybridized carbons (Fsp3) is 0.133. The van der Waals surface area contributed by atoms with E-state index in [4.69, 9.17) is 12.2 Å². The van der Waals surface area contributed by atoms with Crippen LogP contribution in [0.3, 0.4) is 0 Å². The first-order valence-corrected chi connectivity index (χ1v) is 6.65. The minimum atomic E-state index is 0.453. The van der Waals surface area contributed by atoms with Gasteiger partial charge >= 0.3 is 0 Å². The molecule has 0 aliphatic heterocycles. The number of para-hydroxylation sites is 1. The second kappa shape index (κ2) is 6.77. The quantitative estimate of drug-likeness (QED) is 0.517. The molecular formula is C15H16N4S. The van der Waals surface area contributed by atoms with Crippen LogP contribution in [0.2, 0.25) is 0 Å². The van der Waals surface area contributed by atoms with Crippen molar-refractivity contribution in [3.63, 3.8) is 0 Å². The highest BCUT2D eigenvalue weighted by Crippen LogP contribution is 2.18. The van der Waals surface area contributed by atoms with Crippen molar-refractivity contribution in [1.29, 1.82) is 0 Å². The third kappa shape index (κ3) is 3.86. The maximum absolute atomic E-state index is 5.21. The molecule has 5 heteroatoms. The summed E-state index contributed by atoms with van der Waals surface area (Å²) in [6, 6.07) is 11.7. The van der Waals surface area contributed by atoms with E-state index in [0.717, 1.165) is 22.5 Å². The minimum absolute atomic E-state index is 0.453. The molecule has 20 heavy (non-hydrogen) atoms. The first-order valence-electron chi connectivity index (χ1n) is 6.24. The zero-order valence-electron chi connectivity index (χ0n) is 11.4. The van der Waals surface area contributed by atoms with E-state index in [1.54, 1.807) is 12.4 Å². The first kappa shape index (κ1) is 14.1. The Kier molecular flexibility index (Phi) is 4.79. The number of rotatable bonds is 3. The van der Waals surface area contributed by atoms with Crippen LogP contribution < -0.4 is 10.7 Å². The third-order valence-corrected chi connectivity index (χ3v) is 2.96. The van der Waals surface area contributed by atoms with E-state index in [1.807, 2.05) is 50.2 Å². The van der Waals surface area contributed by atoms with Gasteiger partial charge in [0, 0.05) is 11.9 Å². The Morgan fingerprint density at radius 1 is 1.15 bits per heavy atom. The smallest absolute Gasteiger partial charge is 0.191 e. The fourth-order valence-corrected chi connectivity index (χ4v) is 1.92. The lowest BCUT2D eigenvalue weighted by Crippen LogP contribution is -2.24. The van der Waals surface area contributed by atoms with Gasteiger partial charge in [0.2, 0.25) is 0 Å². The number of nitrogens with zero attached hydrogens (tertiary/aromatic N) is 2. The van der Waals surface area contributed by atoms with Crippen molar-refractivity contribution in [3.8, 4) is 0 Å². The average Bonchev–Trinajstić information content (AvgIpc) is 2.44. The molecule has 0 aliphatic carbocycles. The van der Waals surface area contributed by atoms with Crippen LogP contribution in [0.5, 0.6) is 0 Å². The largest absolute Gasteiger partial charge is 0.331 e. The number of hydrogen-bond donors (Lipinski definition) is 2. The molecule has 0 radical (unpaired) electrons. The van der Waals surface area contributed by atoms with Gasteiger partial charge in [0.25, 0.3) is 0 Å². The van der Waals surface area contributed by atoms with E-state index in [9.17, 15) is 0 Å². The monoisotopic (exact) mass is 284 g/mol. The number of benzene rings is 1. The van der Waals surface area contributed by atoms with Crippen molar-refractivity contribution >= 4 is 29.2 Å². The topological polar surface area (TPSA) is 49.3 Å². The molecule has 2 rings (SSSR count). The summed E-state index contributed by atoms with van der Waals surface area (Å²) in [6.07, 6.45) is 3.34. The van der Waals surface area contributed by atoms with Crippen LogP contribution in [0.15, 0.2) is 47.7 Å². The number of anilines is 1. The van der Waals surface area contributed by atoms with Crippen molar-refractivity contribution < 1.29 is 0 Å². The SMILES string of the molecule is Cc1cccc(C)c1NC(=S)NN=Cc1ccccn1. The van der Waals surface area contributed by atoms with Crippen LogP contribution in [0.1, 0.15) is 16.8 Å². The second-order valence-corrected chi connectivity index (χ2v) is 4.75. The maximum Gasteiger partial charge on any atom is 0.191 e. The van der Waals surface area contributed by atoms with Gasteiger partial charge in [0.15, 0.2) is 5.11 Å². The van der Waals surface area contributed by atoms with Crippen molar-refractivity contribution in [2.24, 2.45) is 5.10 Å². The van der Waals surface area contributed by atoms with E-state index in [1.165, 1.54) is 0 Å². The molecule has 1 aromatic heterocycles. The Labute approximate surface area is 123 Å². The van der Waals surface area contributed by atoms with Crippen LogP contribution in [0.25, 0.3) is 0 Å². The Bertz CT molecular complexity index is 603. The summed E-state index contributed by atoms with van der Waals surface area (Å²) in [7, 11) is 0. The number of thiocarbonyl (C=S) groups is 1. The van der Waals surface area contributed by atoms with Gasteiger partial charge in [-0.15, -0.1) is 0 Å². The fourth-order valence-electron chi connectivity index (χ4n) is 1.76. The van der Waals surface area contributed by atoms with Crippen molar-refractivity contribution in [3.05, 3.63) is 59.4 Å². The van der Waals surface area contributed by atoms with Gasteiger partial charge in [-0.2, -0.15) is 5.10 Å². The molecule has 1 aromatic carbocycles. The summed E-state index contributed by atoms with van der Waals surface area (Å²) in [5, 5.41) is 7.66. The standard InChI is InChI=1S/C15H16N4S/c1-11-6-5-7-12(2)14(11)18-15(20)19-17-10-13-8-3-4-9-16-13/h3-10H,1-2H3,(H2,18,19,20). The van der Waals surface area contributed by atoms with Gasteiger partial charge < -0.3 is 5.32 Å². The number of nitrogens with one attached hydrogen (secondary N) is 2. The maximum atomic E-state index is 5.21. The predicted molar refractivity (Wildman–Crippen MR) is 87.1 cm³/mol. The average molecular weight is 284 g/mol. The third-order valence-electron chi connectivity index (χ3n) is 2.77. The summed E-state index contributed by atoms with van der Waals surface area (Å²) in [5.74, 6) is 0. The van der Waals surface area contributed by atoms with Gasteiger partial charge in [-0.1, -0.05) is 24.3 Å². The van der Waals surface area contributed by atoms with Gasteiger partial charge in [0.1, 0.15) is 0 Å². The molecule has 0 unspecified atom stereocenters. The molecule has 0 amide bonds. The Balaban J connectivity index is 1.95. The molecule has 0 spiro atoms. The van der Waals surface area contributed by atoms with Gasteiger partial charge in [0.05, 0.1) is 11.9 Å². The molecule has 0 saturated carbocycles. The normalized spacial score (nSPS) is 10.5. The van der Waals surface area contributed by atoms with Gasteiger partial charge in [-0.25, -0.2) is 0 Å². The highest BCUT2D eigenvalue weighted by Gasteiger charge is 2.03. The van der Waals surface area contributed by atoms with E-state index >= 15 is 0 Å². The number of hydrogen-bond acceptors (Lipinski definition) is 3. The van der Waals surface area contributed by atoms with Crippen molar-refractivity contribution in [2.75, 3.05) is 5.32 Å². The number of aromatic nitrogens is 1. The zero-order chi connectivity index (χ0) is 14.4. The van der Waals surface area contributed by atoms with Crippen LogP contribution in [-0.4, -0.2) is 16.3 Å². The summed E-state index contributed by atoms with van der Waals surface area (Å²) in [6.45, 7) is 4.07. The Morgan fingerprint density at radius 2 is 1.90 bits per heavy atom. The Morgan fingerprint density at radius 3 is 2.55 bits per heavy atom. The zero-order valence-corrected chi connectivity index (χ0v) is 12.2. The molecule has 4 nitrogen and oxygen atoms in total. The van der Waals surface area contributed by atoms with Crippen molar-refractivity contribution in [1.82, 2.24) is 10.4 Å². The summed E-state index contributed by atoms with van der Waals surface area (Å²) in [4.78, 5) is 4.13. The predicted octanol–water partition coefficient (Wildman–Crippen LogP) is 3.02. The van der Waals surface area contributed by atoms with E-state index in [0.29, 0.717) is 5.11 Å². The molecular weight excluding hydrogens is 268 g/mol. The van der Waals surface area contributed by atoms with E-state index in [-0.39, 0.29) is 0 Å². The van der Waals surface area contributed by atoms with Gasteiger partial charge in [-0.3, -0.25) is 10.4 Å². The molecule has 1 heterocycles. The molecule has 0 bridgehead atoms. The Hall–Kier alpha value is -2.27. The molecule has 0 saturated heterocycles. The number of hydrazone groups is 1. The molecule has 0 atom stereocenters.